The van der Waals surface area contributed by atoms with Crippen LogP contribution in [0.5, 0.6) is 0 Å². The summed E-state index contributed by atoms with van der Waals surface area (Å²) in [6, 6.07) is 0. The molecular weight excluding hydrogens is 160 g/mol. The van der Waals surface area contributed by atoms with Crippen molar-refractivity contribution < 1.29 is 134 Å². The second-order valence-corrected chi connectivity index (χ2v) is 0.747. The molecule has 0 saturated carbocycles. The third kappa shape index (κ3) is 34.4. The van der Waals surface area contributed by atoms with Crippen LogP contribution in [0.15, 0.2) is 0 Å². The SMILES string of the molecule is CCC(=O)O.[H-].[H-].[H-].[H-].[Na+].[Na+].[Na+].[Na+]. The maximum absolute atomic E-state index is 9.37. The van der Waals surface area contributed by atoms with Crippen molar-refractivity contribution in [3.05, 3.63) is 0 Å². The van der Waals surface area contributed by atoms with E-state index in [9.17, 15) is 4.79 Å². The number of hydrogen-bond acceptors (Lipinski definition) is 1. The number of hydrogen-bond donors (Lipinski definition) is 1. The molecule has 0 atom stereocenters. The summed E-state index contributed by atoms with van der Waals surface area (Å²) in [5.41, 5.74) is 0. The van der Waals surface area contributed by atoms with E-state index in [0.29, 0.717) is 0 Å². The van der Waals surface area contributed by atoms with Gasteiger partial charge >= 0.3 is 124 Å². The fraction of sp³-hybridized carbons (Fsp3) is 0.667. The van der Waals surface area contributed by atoms with Gasteiger partial charge < -0.3 is 10.8 Å². The Kier molecular flexibility index (Phi) is 73.6. The van der Waals surface area contributed by atoms with E-state index in [1.807, 2.05) is 0 Å². The molecule has 2 nitrogen and oxygen atoms in total. The monoisotopic (exact) mass is 170 g/mol. The third-order valence-corrected chi connectivity index (χ3v) is 0.302. The van der Waals surface area contributed by atoms with Crippen molar-refractivity contribution >= 4 is 5.97 Å². The average Bonchev–Trinajstić information content (AvgIpc) is 1.38. The Morgan fingerprint density at radius 2 is 1.44 bits per heavy atom. The summed E-state index contributed by atoms with van der Waals surface area (Å²) < 4.78 is 0. The van der Waals surface area contributed by atoms with Gasteiger partial charge in [0.2, 0.25) is 0 Å². The van der Waals surface area contributed by atoms with Crippen molar-refractivity contribution in [2.45, 2.75) is 13.3 Å². The normalized spacial score (nSPS) is 4.11. The third-order valence-electron chi connectivity index (χ3n) is 0.302. The van der Waals surface area contributed by atoms with Crippen LogP contribution in [0.2, 0.25) is 0 Å². The Balaban J connectivity index is -0.00000000286. The van der Waals surface area contributed by atoms with Crippen molar-refractivity contribution in [1.29, 1.82) is 0 Å². The fourth-order valence-electron chi connectivity index (χ4n) is 0. The Morgan fingerprint density at radius 1 is 1.33 bits per heavy atom. The van der Waals surface area contributed by atoms with Gasteiger partial charge in [-0.1, -0.05) is 6.92 Å². The van der Waals surface area contributed by atoms with Gasteiger partial charge in [-0.25, -0.2) is 0 Å². The van der Waals surface area contributed by atoms with Crippen LogP contribution in [0, 0.1) is 0 Å². The van der Waals surface area contributed by atoms with Crippen molar-refractivity contribution in [2.24, 2.45) is 0 Å². The summed E-state index contributed by atoms with van der Waals surface area (Å²) in [5.74, 6) is -0.745. The summed E-state index contributed by atoms with van der Waals surface area (Å²) in [6.45, 7) is 1.60. The number of carboxylic acid groups (broad SMARTS) is 1. The van der Waals surface area contributed by atoms with Crippen LogP contribution in [-0.4, -0.2) is 11.1 Å². The van der Waals surface area contributed by atoms with Gasteiger partial charge in [0.15, 0.2) is 0 Å². The molecule has 38 valence electrons. The minimum absolute atomic E-state index is 0. The number of rotatable bonds is 1. The average molecular weight is 170 g/mol. The van der Waals surface area contributed by atoms with E-state index in [-0.39, 0.29) is 130 Å². The molecule has 0 fully saturated rings. The van der Waals surface area contributed by atoms with Crippen molar-refractivity contribution in [3.8, 4) is 0 Å². The van der Waals surface area contributed by atoms with E-state index in [1.165, 1.54) is 0 Å². The molecule has 0 bridgehead atoms. The molecule has 0 heterocycles. The molecular formula is C3H10Na4O2. The quantitative estimate of drug-likeness (QED) is 0.397. The molecule has 1 N–H and O–H groups in total. The van der Waals surface area contributed by atoms with Crippen molar-refractivity contribution in [1.82, 2.24) is 0 Å². The van der Waals surface area contributed by atoms with E-state index >= 15 is 0 Å². The first-order valence-electron chi connectivity index (χ1n) is 1.49. The molecule has 0 amide bonds. The second-order valence-electron chi connectivity index (χ2n) is 0.747. The summed E-state index contributed by atoms with van der Waals surface area (Å²) in [7, 11) is 0. The first-order valence-corrected chi connectivity index (χ1v) is 1.49. The van der Waals surface area contributed by atoms with Crippen LogP contribution in [0.3, 0.4) is 0 Å². The van der Waals surface area contributed by atoms with Crippen LogP contribution in [-0.2, 0) is 4.79 Å². The molecule has 0 rings (SSSR count). The first kappa shape index (κ1) is 29.4. The molecule has 0 spiro atoms. The van der Waals surface area contributed by atoms with Crippen LogP contribution in [0.25, 0.3) is 0 Å². The zero-order valence-electron chi connectivity index (χ0n) is 11.1. The van der Waals surface area contributed by atoms with Gasteiger partial charge in [0, 0.05) is 6.42 Å². The predicted molar refractivity (Wildman–Crippen MR) is 22.4 cm³/mol. The number of aliphatic carboxylic acids is 1. The van der Waals surface area contributed by atoms with Gasteiger partial charge in [-0.15, -0.1) is 0 Å². The van der Waals surface area contributed by atoms with Gasteiger partial charge in [-0.2, -0.15) is 0 Å². The summed E-state index contributed by atoms with van der Waals surface area (Å²) >= 11 is 0. The summed E-state index contributed by atoms with van der Waals surface area (Å²) in [6.07, 6.45) is 0.222. The van der Waals surface area contributed by atoms with Crippen LogP contribution >= 0.6 is 0 Å². The molecule has 0 aliphatic carbocycles. The van der Waals surface area contributed by atoms with E-state index < -0.39 is 5.97 Å². The van der Waals surface area contributed by atoms with Crippen molar-refractivity contribution in [3.63, 3.8) is 0 Å². The maximum atomic E-state index is 9.37. The maximum Gasteiger partial charge on any atom is 1.00 e. The Morgan fingerprint density at radius 3 is 1.44 bits per heavy atom. The molecule has 0 radical (unpaired) electrons. The Labute approximate surface area is 150 Å². The van der Waals surface area contributed by atoms with E-state index in [4.69, 9.17) is 5.11 Å². The molecule has 0 unspecified atom stereocenters. The van der Waals surface area contributed by atoms with E-state index in [1.54, 1.807) is 6.92 Å². The van der Waals surface area contributed by atoms with Gasteiger partial charge in [0.25, 0.3) is 0 Å². The Bertz CT molecular complexity index is 60.7. The summed E-state index contributed by atoms with van der Waals surface area (Å²) in [4.78, 5) is 9.37. The summed E-state index contributed by atoms with van der Waals surface area (Å²) in [5, 5.41) is 7.72. The van der Waals surface area contributed by atoms with Gasteiger partial charge in [-0.3, -0.25) is 4.79 Å². The fourth-order valence-corrected chi connectivity index (χ4v) is 0. The molecule has 0 aromatic rings. The predicted octanol–water partition coefficient (Wildman–Crippen LogP) is -11.1. The van der Waals surface area contributed by atoms with E-state index in [0.717, 1.165) is 0 Å². The van der Waals surface area contributed by atoms with Crippen LogP contribution < -0.4 is 118 Å². The van der Waals surface area contributed by atoms with Gasteiger partial charge in [-0.05, 0) is 0 Å². The Hall–Kier alpha value is 3.47. The minimum atomic E-state index is -0.745. The smallest absolute Gasteiger partial charge is 1.00 e. The zero-order valence-corrected chi connectivity index (χ0v) is 15.1. The second kappa shape index (κ2) is 22.5. The van der Waals surface area contributed by atoms with Gasteiger partial charge in [0.1, 0.15) is 0 Å². The largest absolute Gasteiger partial charge is 1.00 e. The molecule has 9 heavy (non-hydrogen) atoms. The molecule has 6 heteroatoms. The van der Waals surface area contributed by atoms with Crippen LogP contribution in [0.1, 0.15) is 19.1 Å². The number of carboxylic acids is 1. The zero-order chi connectivity index (χ0) is 4.28. The molecule has 0 aromatic heterocycles. The van der Waals surface area contributed by atoms with Crippen molar-refractivity contribution in [2.75, 3.05) is 0 Å². The number of carbonyl (C=O) groups is 1. The van der Waals surface area contributed by atoms with Crippen LogP contribution in [0.4, 0.5) is 0 Å². The molecule has 0 saturated heterocycles. The standard InChI is InChI=1S/C3H6O2.4Na.4H/c1-2-3(4)5;;;;;;;;/h2H2,1H3,(H,4,5);;;;;;;;/q;4*+1;4*-1. The van der Waals surface area contributed by atoms with E-state index in [2.05, 4.69) is 0 Å². The molecule has 0 aliphatic rings. The minimum Gasteiger partial charge on any atom is -1.00 e. The van der Waals surface area contributed by atoms with Gasteiger partial charge in [0.05, 0.1) is 0 Å². The topological polar surface area (TPSA) is 37.3 Å². The first-order chi connectivity index (χ1) is 2.27. The molecule has 0 aromatic carbocycles. The molecule has 0 aliphatic heterocycles.